The van der Waals surface area contributed by atoms with Gasteiger partial charge in [-0.3, -0.25) is 0 Å². The van der Waals surface area contributed by atoms with Gasteiger partial charge < -0.3 is 10.1 Å². The molecule has 1 aliphatic rings. The normalized spacial score (nSPS) is 25.7. The Labute approximate surface area is 134 Å². The van der Waals surface area contributed by atoms with Crippen LogP contribution in [0.4, 0.5) is 0 Å². The van der Waals surface area contributed by atoms with Gasteiger partial charge in [-0.2, -0.15) is 0 Å². The Bertz CT molecular complexity index is 455. The number of ether oxygens (including phenoxy) is 1. The summed E-state index contributed by atoms with van der Waals surface area (Å²) in [5.41, 5.74) is 1.47. The SMILES string of the molecule is CC(C)COC1CC(N[C@H](C)c2ccc(Cl)cc2)C1(C)C. The summed E-state index contributed by atoms with van der Waals surface area (Å²) in [7, 11) is 0. The van der Waals surface area contributed by atoms with E-state index in [0.29, 0.717) is 24.1 Å². The Morgan fingerprint density at radius 3 is 2.38 bits per heavy atom. The number of rotatable bonds is 6. The molecular formula is C18H28ClNO. The Hall–Kier alpha value is -0.570. The van der Waals surface area contributed by atoms with E-state index in [1.165, 1.54) is 5.56 Å². The first-order chi connectivity index (χ1) is 9.80. The molecule has 2 rings (SSSR count). The smallest absolute Gasteiger partial charge is 0.0656 e. The van der Waals surface area contributed by atoms with E-state index in [4.69, 9.17) is 16.3 Å². The van der Waals surface area contributed by atoms with Crippen LogP contribution in [-0.2, 0) is 4.74 Å². The van der Waals surface area contributed by atoms with Crippen LogP contribution in [0.15, 0.2) is 24.3 Å². The molecule has 0 saturated heterocycles. The van der Waals surface area contributed by atoms with Crippen molar-refractivity contribution >= 4 is 11.6 Å². The third-order valence-corrected chi connectivity index (χ3v) is 4.88. The van der Waals surface area contributed by atoms with Crippen LogP contribution < -0.4 is 5.32 Å². The predicted octanol–water partition coefficient (Wildman–Crippen LogP) is 4.83. The molecule has 0 spiro atoms. The fourth-order valence-electron chi connectivity index (χ4n) is 2.91. The van der Waals surface area contributed by atoms with Crippen molar-refractivity contribution < 1.29 is 4.74 Å². The molecule has 0 amide bonds. The molecule has 2 unspecified atom stereocenters. The minimum Gasteiger partial charge on any atom is -0.377 e. The lowest BCUT2D eigenvalue weighted by molar-refractivity contribution is -0.125. The van der Waals surface area contributed by atoms with E-state index in [9.17, 15) is 0 Å². The van der Waals surface area contributed by atoms with Gasteiger partial charge in [0, 0.05) is 29.1 Å². The Morgan fingerprint density at radius 1 is 1.24 bits per heavy atom. The van der Waals surface area contributed by atoms with E-state index in [-0.39, 0.29) is 5.41 Å². The van der Waals surface area contributed by atoms with Crippen molar-refractivity contribution in [2.45, 2.75) is 59.2 Å². The van der Waals surface area contributed by atoms with Gasteiger partial charge >= 0.3 is 0 Å². The summed E-state index contributed by atoms with van der Waals surface area (Å²) >= 11 is 5.95. The standard InChI is InChI=1S/C18H28ClNO/c1-12(2)11-21-17-10-16(18(17,4)5)20-13(3)14-6-8-15(19)9-7-14/h6-9,12-13,16-17,20H,10-11H2,1-5H3/t13-,16?,17?/m1/s1. The van der Waals surface area contributed by atoms with Crippen LogP contribution in [0.25, 0.3) is 0 Å². The lowest BCUT2D eigenvalue weighted by Gasteiger charge is -2.53. The number of benzene rings is 1. The van der Waals surface area contributed by atoms with Crippen LogP contribution in [0.5, 0.6) is 0 Å². The lowest BCUT2D eigenvalue weighted by Crippen LogP contribution is -2.61. The zero-order valence-electron chi connectivity index (χ0n) is 13.8. The number of hydrogen-bond donors (Lipinski definition) is 1. The summed E-state index contributed by atoms with van der Waals surface area (Å²) in [6.07, 6.45) is 1.47. The zero-order valence-corrected chi connectivity index (χ0v) is 14.6. The molecule has 1 N–H and O–H groups in total. The monoisotopic (exact) mass is 309 g/mol. The average molecular weight is 310 g/mol. The van der Waals surface area contributed by atoms with Gasteiger partial charge in [0.25, 0.3) is 0 Å². The molecule has 2 nitrogen and oxygen atoms in total. The molecule has 0 heterocycles. The first-order valence-corrected chi connectivity index (χ1v) is 8.31. The fourth-order valence-corrected chi connectivity index (χ4v) is 3.04. The van der Waals surface area contributed by atoms with Crippen molar-refractivity contribution in [3.8, 4) is 0 Å². The lowest BCUT2D eigenvalue weighted by atomic mass is 9.64. The van der Waals surface area contributed by atoms with Crippen LogP contribution in [0.3, 0.4) is 0 Å². The van der Waals surface area contributed by atoms with Gasteiger partial charge in [-0.15, -0.1) is 0 Å². The molecule has 0 aliphatic heterocycles. The van der Waals surface area contributed by atoms with E-state index in [1.54, 1.807) is 0 Å². The maximum atomic E-state index is 6.03. The Kier molecular flexibility index (Phi) is 5.34. The molecule has 1 aromatic rings. The highest BCUT2D eigenvalue weighted by Gasteiger charge is 2.49. The molecule has 1 aliphatic carbocycles. The molecule has 118 valence electrons. The molecule has 21 heavy (non-hydrogen) atoms. The molecule has 0 radical (unpaired) electrons. The molecule has 3 heteroatoms. The molecule has 1 aromatic carbocycles. The highest BCUT2D eigenvalue weighted by molar-refractivity contribution is 6.30. The van der Waals surface area contributed by atoms with Crippen molar-refractivity contribution in [1.29, 1.82) is 0 Å². The third-order valence-electron chi connectivity index (χ3n) is 4.63. The topological polar surface area (TPSA) is 21.3 Å². The van der Waals surface area contributed by atoms with Gasteiger partial charge in [0.15, 0.2) is 0 Å². The number of nitrogens with one attached hydrogen (secondary N) is 1. The molecule has 1 fully saturated rings. The quantitative estimate of drug-likeness (QED) is 0.812. The largest absolute Gasteiger partial charge is 0.377 e. The molecule has 0 bridgehead atoms. The Balaban J connectivity index is 1.88. The molecule has 0 aromatic heterocycles. The Morgan fingerprint density at radius 2 is 1.86 bits per heavy atom. The second kappa shape index (κ2) is 6.68. The average Bonchev–Trinajstić information content (AvgIpc) is 2.42. The minimum absolute atomic E-state index is 0.190. The summed E-state index contributed by atoms with van der Waals surface area (Å²) in [5, 5.41) is 4.53. The van der Waals surface area contributed by atoms with E-state index in [1.807, 2.05) is 12.1 Å². The van der Waals surface area contributed by atoms with Gasteiger partial charge in [-0.1, -0.05) is 51.4 Å². The van der Waals surface area contributed by atoms with Crippen molar-refractivity contribution in [2.75, 3.05) is 6.61 Å². The maximum Gasteiger partial charge on any atom is 0.0656 e. The number of hydrogen-bond acceptors (Lipinski definition) is 2. The van der Waals surface area contributed by atoms with Crippen LogP contribution >= 0.6 is 11.6 Å². The summed E-state index contributed by atoms with van der Waals surface area (Å²) in [6, 6.07) is 8.93. The minimum atomic E-state index is 0.190. The van der Waals surface area contributed by atoms with E-state index in [0.717, 1.165) is 18.1 Å². The summed E-state index contributed by atoms with van der Waals surface area (Å²) in [4.78, 5) is 0. The first-order valence-electron chi connectivity index (χ1n) is 7.93. The van der Waals surface area contributed by atoms with Crippen molar-refractivity contribution in [3.63, 3.8) is 0 Å². The van der Waals surface area contributed by atoms with Crippen molar-refractivity contribution in [3.05, 3.63) is 34.9 Å². The van der Waals surface area contributed by atoms with Gasteiger partial charge in [0.2, 0.25) is 0 Å². The second-order valence-electron chi connectivity index (χ2n) is 7.27. The summed E-state index contributed by atoms with van der Waals surface area (Å²) in [6.45, 7) is 12.1. The van der Waals surface area contributed by atoms with E-state index in [2.05, 4.69) is 52.1 Å². The zero-order chi connectivity index (χ0) is 15.6. The fraction of sp³-hybridized carbons (Fsp3) is 0.667. The number of halogens is 1. The predicted molar refractivity (Wildman–Crippen MR) is 89.8 cm³/mol. The first kappa shape index (κ1) is 16.8. The molecular weight excluding hydrogens is 282 g/mol. The van der Waals surface area contributed by atoms with Gasteiger partial charge in [0.1, 0.15) is 0 Å². The molecule has 3 atom stereocenters. The summed E-state index contributed by atoms with van der Waals surface area (Å²) in [5.74, 6) is 0.598. The van der Waals surface area contributed by atoms with Crippen molar-refractivity contribution in [1.82, 2.24) is 5.32 Å². The van der Waals surface area contributed by atoms with Gasteiger partial charge in [0.05, 0.1) is 6.10 Å². The van der Waals surface area contributed by atoms with Crippen LogP contribution in [0.2, 0.25) is 5.02 Å². The van der Waals surface area contributed by atoms with Gasteiger partial charge in [-0.25, -0.2) is 0 Å². The van der Waals surface area contributed by atoms with Crippen molar-refractivity contribution in [2.24, 2.45) is 11.3 Å². The van der Waals surface area contributed by atoms with E-state index < -0.39 is 0 Å². The highest BCUT2D eigenvalue weighted by Crippen LogP contribution is 2.43. The van der Waals surface area contributed by atoms with E-state index >= 15 is 0 Å². The van der Waals surface area contributed by atoms with Crippen LogP contribution in [0, 0.1) is 11.3 Å². The second-order valence-corrected chi connectivity index (χ2v) is 7.70. The molecule has 1 saturated carbocycles. The van der Waals surface area contributed by atoms with Crippen LogP contribution in [-0.4, -0.2) is 18.8 Å². The highest BCUT2D eigenvalue weighted by atomic mass is 35.5. The maximum absolute atomic E-state index is 6.03. The van der Waals surface area contributed by atoms with Gasteiger partial charge in [-0.05, 0) is 37.0 Å². The summed E-state index contributed by atoms with van der Waals surface area (Å²) < 4.78 is 6.03. The third kappa shape index (κ3) is 4.00. The van der Waals surface area contributed by atoms with Crippen LogP contribution in [0.1, 0.15) is 52.6 Å².